The third kappa shape index (κ3) is 2.74. The fourth-order valence-electron chi connectivity index (χ4n) is 2.32. The predicted molar refractivity (Wildman–Crippen MR) is 68.5 cm³/mol. The Morgan fingerprint density at radius 1 is 1.45 bits per heavy atom. The Morgan fingerprint density at radius 2 is 2.20 bits per heavy atom. The highest BCUT2D eigenvalue weighted by Crippen LogP contribution is 2.27. The van der Waals surface area contributed by atoms with Gasteiger partial charge in [0.1, 0.15) is 11.6 Å². The molecule has 20 heavy (non-hydrogen) atoms. The van der Waals surface area contributed by atoms with Gasteiger partial charge in [0.2, 0.25) is 5.91 Å². The van der Waals surface area contributed by atoms with Gasteiger partial charge >= 0.3 is 5.97 Å². The van der Waals surface area contributed by atoms with E-state index < -0.39 is 17.7 Å². The zero-order valence-electron chi connectivity index (χ0n) is 11.4. The van der Waals surface area contributed by atoms with Crippen molar-refractivity contribution in [2.45, 2.75) is 13.0 Å². The number of carbonyl (C=O) groups is 2. The second-order valence-electron chi connectivity index (χ2n) is 4.62. The molecule has 2 rings (SSSR count). The van der Waals surface area contributed by atoms with E-state index in [1.54, 1.807) is 12.1 Å². The summed E-state index contributed by atoms with van der Waals surface area (Å²) in [6, 6.07) is 4.49. The fourth-order valence-corrected chi connectivity index (χ4v) is 2.32. The summed E-state index contributed by atoms with van der Waals surface area (Å²) in [5, 5.41) is 0. The Morgan fingerprint density at radius 3 is 2.85 bits per heavy atom. The minimum Gasteiger partial charge on any atom is -0.496 e. The van der Waals surface area contributed by atoms with Crippen molar-refractivity contribution < 1.29 is 23.5 Å². The largest absolute Gasteiger partial charge is 0.496 e. The van der Waals surface area contributed by atoms with E-state index in [0.29, 0.717) is 11.3 Å². The van der Waals surface area contributed by atoms with Crippen molar-refractivity contribution >= 4 is 11.9 Å². The molecule has 1 heterocycles. The average molecular weight is 281 g/mol. The predicted octanol–water partition coefficient (Wildman–Crippen LogP) is 1.36. The highest BCUT2D eigenvalue weighted by Gasteiger charge is 2.35. The van der Waals surface area contributed by atoms with Crippen LogP contribution in [0.1, 0.15) is 12.0 Å². The van der Waals surface area contributed by atoms with Gasteiger partial charge in [0.25, 0.3) is 0 Å². The monoisotopic (exact) mass is 281 g/mol. The summed E-state index contributed by atoms with van der Waals surface area (Å²) in [5.41, 5.74) is 0.314. The first kappa shape index (κ1) is 14.3. The molecule has 6 heteroatoms. The van der Waals surface area contributed by atoms with Crippen LogP contribution >= 0.6 is 0 Å². The van der Waals surface area contributed by atoms with E-state index in [9.17, 15) is 14.0 Å². The van der Waals surface area contributed by atoms with Crippen LogP contribution in [0.25, 0.3) is 0 Å². The fraction of sp³-hybridized carbons (Fsp3) is 0.429. The van der Waals surface area contributed by atoms with Gasteiger partial charge in [-0.25, -0.2) is 4.39 Å². The summed E-state index contributed by atoms with van der Waals surface area (Å²) in [4.78, 5) is 24.8. The molecule has 1 saturated heterocycles. The molecule has 1 aromatic carbocycles. The Kier molecular flexibility index (Phi) is 4.22. The molecule has 1 amide bonds. The molecule has 5 nitrogen and oxygen atoms in total. The zero-order chi connectivity index (χ0) is 14.7. The average Bonchev–Trinajstić information content (AvgIpc) is 2.81. The van der Waals surface area contributed by atoms with E-state index in [1.165, 1.54) is 25.2 Å². The minimum absolute atomic E-state index is 0.0855. The summed E-state index contributed by atoms with van der Waals surface area (Å²) in [6.45, 7) is 0.325. The van der Waals surface area contributed by atoms with E-state index in [-0.39, 0.29) is 25.4 Å². The highest BCUT2D eigenvalue weighted by atomic mass is 19.1. The number of hydrogen-bond donors (Lipinski definition) is 0. The first-order valence-electron chi connectivity index (χ1n) is 6.23. The standard InChI is InChI=1S/C14H16FNO4/c1-19-12-5-3-4-11(15)10(12)8-16-7-9(6-13(16)17)14(18)20-2/h3-5,9H,6-8H2,1-2H3. The third-order valence-corrected chi connectivity index (χ3v) is 3.39. The molecule has 0 saturated carbocycles. The van der Waals surface area contributed by atoms with Crippen LogP contribution in [0.5, 0.6) is 5.75 Å². The Bertz CT molecular complexity index is 532. The normalized spacial score (nSPS) is 18.2. The van der Waals surface area contributed by atoms with Crippen molar-refractivity contribution in [2.24, 2.45) is 5.92 Å². The maximum atomic E-state index is 13.8. The van der Waals surface area contributed by atoms with Crippen molar-refractivity contribution in [1.82, 2.24) is 4.90 Å². The molecule has 0 bridgehead atoms. The van der Waals surface area contributed by atoms with Gasteiger partial charge in [-0.15, -0.1) is 0 Å². The van der Waals surface area contributed by atoms with Gasteiger partial charge in [0.05, 0.1) is 26.7 Å². The quantitative estimate of drug-likeness (QED) is 0.782. The molecular formula is C14H16FNO4. The molecular weight excluding hydrogens is 265 g/mol. The van der Waals surface area contributed by atoms with E-state index in [2.05, 4.69) is 4.74 Å². The molecule has 0 N–H and O–H groups in total. The minimum atomic E-state index is -0.481. The molecule has 1 aliphatic heterocycles. The number of benzene rings is 1. The Labute approximate surface area is 116 Å². The molecule has 1 fully saturated rings. The van der Waals surface area contributed by atoms with E-state index in [0.717, 1.165) is 0 Å². The molecule has 0 spiro atoms. The van der Waals surface area contributed by atoms with Gasteiger partial charge in [-0.1, -0.05) is 6.07 Å². The van der Waals surface area contributed by atoms with Crippen LogP contribution in [-0.2, 0) is 20.9 Å². The van der Waals surface area contributed by atoms with Crippen LogP contribution in [0, 0.1) is 11.7 Å². The van der Waals surface area contributed by atoms with E-state index in [1.807, 2.05) is 0 Å². The topological polar surface area (TPSA) is 55.8 Å². The van der Waals surface area contributed by atoms with Gasteiger partial charge in [-0.05, 0) is 12.1 Å². The third-order valence-electron chi connectivity index (χ3n) is 3.39. The maximum Gasteiger partial charge on any atom is 0.310 e. The number of esters is 1. The van der Waals surface area contributed by atoms with Crippen LogP contribution in [0.3, 0.4) is 0 Å². The SMILES string of the molecule is COC(=O)C1CC(=O)N(Cc2c(F)cccc2OC)C1. The summed E-state index contributed by atoms with van der Waals surface area (Å²) >= 11 is 0. The van der Waals surface area contributed by atoms with Crippen molar-refractivity contribution in [1.29, 1.82) is 0 Å². The van der Waals surface area contributed by atoms with Crippen molar-refractivity contribution in [2.75, 3.05) is 20.8 Å². The number of amides is 1. The number of hydrogen-bond acceptors (Lipinski definition) is 4. The summed E-state index contributed by atoms with van der Waals surface area (Å²) in [6.07, 6.45) is 0.101. The van der Waals surface area contributed by atoms with E-state index >= 15 is 0 Å². The first-order valence-corrected chi connectivity index (χ1v) is 6.23. The second kappa shape index (κ2) is 5.90. The summed E-state index contributed by atoms with van der Waals surface area (Å²) < 4.78 is 23.6. The molecule has 1 aliphatic rings. The zero-order valence-corrected chi connectivity index (χ0v) is 11.4. The highest BCUT2D eigenvalue weighted by molar-refractivity contribution is 5.86. The van der Waals surface area contributed by atoms with Gasteiger partial charge in [-0.3, -0.25) is 9.59 Å². The number of halogens is 1. The number of nitrogens with zero attached hydrogens (tertiary/aromatic N) is 1. The molecule has 0 aliphatic carbocycles. The van der Waals surface area contributed by atoms with Gasteiger partial charge < -0.3 is 14.4 Å². The number of methoxy groups -OCH3 is 2. The second-order valence-corrected chi connectivity index (χ2v) is 4.62. The molecule has 1 aromatic rings. The molecule has 1 unspecified atom stereocenters. The Hall–Kier alpha value is -2.11. The van der Waals surface area contributed by atoms with Gasteiger partial charge in [0, 0.05) is 18.5 Å². The molecule has 0 radical (unpaired) electrons. The number of likely N-dealkylation sites (tertiary alicyclic amines) is 1. The van der Waals surface area contributed by atoms with Crippen molar-refractivity contribution in [3.63, 3.8) is 0 Å². The molecule has 108 valence electrons. The number of carbonyl (C=O) groups excluding carboxylic acids is 2. The van der Waals surface area contributed by atoms with Crippen molar-refractivity contribution in [3.8, 4) is 5.75 Å². The lowest BCUT2D eigenvalue weighted by molar-refractivity contribution is -0.145. The van der Waals surface area contributed by atoms with E-state index in [4.69, 9.17) is 4.74 Å². The van der Waals surface area contributed by atoms with Crippen LogP contribution < -0.4 is 4.74 Å². The maximum absolute atomic E-state index is 13.8. The number of ether oxygens (including phenoxy) is 2. The van der Waals surface area contributed by atoms with Crippen LogP contribution in [-0.4, -0.2) is 37.5 Å². The first-order chi connectivity index (χ1) is 9.56. The van der Waals surface area contributed by atoms with Crippen molar-refractivity contribution in [3.05, 3.63) is 29.6 Å². The summed E-state index contributed by atoms with van der Waals surface area (Å²) in [7, 11) is 2.73. The lowest BCUT2D eigenvalue weighted by Gasteiger charge is -2.18. The lowest BCUT2D eigenvalue weighted by Crippen LogP contribution is -2.26. The Balaban J connectivity index is 2.15. The van der Waals surface area contributed by atoms with Crippen LogP contribution in [0.4, 0.5) is 4.39 Å². The van der Waals surface area contributed by atoms with Gasteiger partial charge in [-0.2, -0.15) is 0 Å². The molecule has 1 atom stereocenters. The van der Waals surface area contributed by atoms with Crippen LogP contribution in [0.2, 0.25) is 0 Å². The van der Waals surface area contributed by atoms with Crippen LogP contribution in [0.15, 0.2) is 18.2 Å². The van der Waals surface area contributed by atoms with Gasteiger partial charge in [0.15, 0.2) is 0 Å². The number of rotatable bonds is 4. The molecule has 0 aromatic heterocycles. The summed E-state index contributed by atoms with van der Waals surface area (Å²) in [5.74, 6) is -1.13. The lowest BCUT2D eigenvalue weighted by atomic mass is 10.1. The smallest absolute Gasteiger partial charge is 0.310 e.